The summed E-state index contributed by atoms with van der Waals surface area (Å²) in [7, 11) is 0. The predicted octanol–water partition coefficient (Wildman–Crippen LogP) is 5.18. The van der Waals surface area contributed by atoms with Crippen LogP contribution in [0.5, 0.6) is 0 Å². The van der Waals surface area contributed by atoms with Gasteiger partial charge in [-0.05, 0) is 48.6 Å². The lowest BCUT2D eigenvalue weighted by atomic mass is 9.59. The van der Waals surface area contributed by atoms with Gasteiger partial charge in [-0.2, -0.15) is 0 Å². The van der Waals surface area contributed by atoms with E-state index in [1.165, 1.54) is 17.7 Å². The molecule has 0 heterocycles. The molecule has 24 heavy (non-hydrogen) atoms. The molecule has 0 saturated heterocycles. The van der Waals surface area contributed by atoms with Gasteiger partial charge in [-0.1, -0.05) is 37.3 Å². The van der Waals surface area contributed by atoms with E-state index in [-0.39, 0.29) is 11.9 Å². The maximum Gasteiger partial charge on any atom is 0.127 e. The number of aryl methyl sites for hydroxylation is 1. The molecule has 1 fully saturated rings. The summed E-state index contributed by atoms with van der Waals surface area (Å²) in [6, 6.07) is 11.9. The number of ether oxygens (including phenoxy) is 1. The lowest BCUT2D eigenvalue weighted by Crippen LogP contribution is -2.47. The first-order valence-corrected chi connectivity index (χ1v) is 8.36. The molecule has 0 unspecified atom stereocenters. The molecule has 1 aliphatic carbocycles. The van der Waals surface area contributed by atoms with Crippen LogP contribution in [0.1, 0.15) is 36.5 Å². The van der Waals surface area contributed by atoms with Crippen molar-refractivity contribution in [2.24, 2.45) is 0 Å². The highest BCUT2D eigenvalue weighted by molar-refractivity contribution is 5.44. The van der Waals surface area contributed by atoms with Gasteiger partial charge in [0.25, 0.3) is 0 Å². The first-order chi connectivity index (χ1) is 11.6. The molecular formula is C21H22F2O. The zero-order valence-corrected chi connectivity index (χ0v) is 13.9. The Balaban J connectivity index is 1.99. The monoisotopic (exact) mass is 328 g/mol. The quantitative estimate of drug-likeness (QED) is 0.664. The Morgan fingerprint density at radius 3 is 2.50 bits per heavy atom. The topological polar surface area (TPSA) is 9.23 Å². The summed E-state index contributed by atoms with van der Waals surface area (Å²) < 4.78 is 33.9. The summed E-state index contributed by atoms with van der Waals surface area (Å²) in [5.74, 6) is -0.774. The summed E-state index contributed by atoms with van der Waals surface area (Å²) in [5.41, 5.74) is 2.14. The molecule has 2 aromatic rings. The van der Waals surface area contributed by atoms with Gasteiger partial charge in [0.1, 0.15) is 11.6 Å². The van der Waals surface area contributed by atoms with Crippen LogP contribution in [0.15, 0.2) is 55.1 Å². The van der Waals surface area contributed by atoms with Crippen molar-refractivity contribution in [2.75, 3.05) is 6.61 Å². The number of rotatable bonds is 6. The van der Waals surface area contributed by atoms with E-state index in [4.69, 9.17) is 4.74 Å². The standard InChI is InChI=1S/C21H22F2O/c1-3-11-24-18-13-21(14-18,16-7-5-15(4-2)6-8-16)19-12-17(22)9-10-20(19)23/h3,5-10,12,18H,1,4,11,13-14H2,2H3. The minimum Gasteiger partial charge on any atom is -0.374 e. The van der Waals surface area contributed by atoms with E-state index in [0.29, 0.717) is 25.0 Å². The molecule has 2 aromatic carbocycles. The molecule has 0 aromatic heterocycles. The highest BCUT2D eigenvalue weighted by Gasteiger charge is 2.48. The van der Waals surface area contributed by atoms with Gasteiger partial charge in [-0.15, -0.1) is 6.58 Å². The van der Waals surface area contributed by atoms with Crippen LogP contribution >= 0.6 is 0 Å². The van der Waals surface area contributed by atoms with Gasteiger partial charge in [-0.3, -0.25) is 0 Å². The van der Waals surface area contributed by atoms with Crippen molar-refractivity contribution in [2.45, 2.75) is 37.7 Å². The van der Waals surface area contributed by atoms with Crippen LogP contribution in [0.4, 0.5) is 8.78 Å². The van der Waals surface area contributed by atoms with Gasteiger partial charge in [0.2, 0.25) is 0 Å². The summed E-state index contributed by atoms with van der Waals surface area (Å²) in [6.07, 6.45) is 3.99. The Morgan fingerprint density at radius 2 is 1.88 bits per heavy atom. The van der Waals surface area contributed by atoms with Crippen LogP contribution in [-0.4, -0.2) is 12.7 Å². The zero-order chi connectivity index (χ0) is 17.2. The molecular weight excluding hydrogens is 306 g/mol. The molecule has 3 rings (SSSR count). The third kappa shape index (κ3) is 3.01. The van der Waals surface area contributed by atoms with Crippen LogP contribution in [-0.2, 0) is 16.6 Å². The Labute approximate surface area is 142 Å². The molecule has 1 aliphatic rings. The van der Waals surface area contributed by atoms with Gasteiger partial charge in [0, 0.05) is 11.0 Å². The molecule has 0 N–H and O–H groups in total. The average Bonchev–Trinajstić information content (AvgIpc) is 2.57. The molecule has 0 bridgehead atoms. The van der Waals surface area contributed by atoms with Crippen LogP contribution in [0.2, 0.25) is 0 Å². The second-order valence-electron chi connectivity index (χ2n) is 6.41. The summed E-state index contributed by atoms with van der Waals surface area (Å²) in [6.45, 7) is 6.22. The SMILES string of the molecule is C=CCOC1CC(c2ccc(CC)cc2)(c2cc(F)ccc2F)C1. The van der Waals surface area contributed by atoms with Crippen LogP contribution < -0.4 is 0 Å². The van der Waals surface area contributed by atoms with E-state index in [9.17, 15) is 8.78 Å². The second kappa shape index (κ2) is 6.86. The maximum absolute atomic E-state index is 14.5. The third-order valence-electron chi connectivity index (χ3n) is 4.96. The molecule has 0 aliphatic heterocycles. The molecule has 0 atom stereocenters. The Morgan fingerprint density at radius 1 is 1.17 bits per heavy atom. The highest BCUT2D eigenvalue weighted by atomic mass is 19.1. The van der Waals surface area contributed by atoms with E-state index >= 15 is 0 Å². The lowest BCUT2D eigenvalue weighted by molar-refractivity contribution is -0.0218. The number of benzene rings is 2. The largest absolute Gasteiger partial charge is 0.374 e. The fraction of sp³-hybridized carbons (Fsp3) is 0.333. The average molecular weight is 328 g/mol. The number of halogens is 2. The molecule has 0 radical (unpaired) electrons. The van der Waals surface area contributed by atoms with Crippen molar-refractivity contribution in [1.29, 1.82) is 0 Å². The molecule has 0 amide bonds. The molecule has 3 heteroatoms. The van der Waals surface area contributed by atoms with Crippen molar-refractivity contribution in [3.63, 3.8) is 0 Å². The molecule has 0 spiro atoms. The second-order valence-corrected chi connectivity index (χ2v) is 6.41. The van der Waals surface area contributed by atoms with E-state index in [2.05, 4.69) is 25.6 Å². The van der Waals surface area contributed by atoms with E-state index in [0.717, 1.165) is 18.1 Å². The molecule has 1 saturated carbocycles. The Kier molecular flexibility index (Phi) is 4.81. The number of hydrogen-bond acceptors (Lipinski definition) is 1. The van der Waals surface area contributed by atoms with Crippen LogP contribution in [0.25, 0.3) is 0 Å². The normalized spacial score (nSPS) is 22.9. The van der Waals surface area contributed by atoms with Crippen molar-refractivity contribution in [3.8, 4) is 0 Å². The minimum absolute atomic E-state index is 0.0384. The summed E-state index contributed by atoms with van der Waals surface area (Å²) in [5, 5.41) is 0. The van der Waals surface area contributed by atoms with Gasteiger partial charge in [0.05, 0.1) is 12.7 Å². The summed E-state index contributed by atoms with van der Waals surface area (Å²) in [4.78, 5) is 0. The fourth-order valence-corrected chi connectivity index (χ4v) is 3.57. The maximum atomic E-state index is 14.5. The predicted molar refractivity (Wildman–Crippen MR) is 92.1 cm³/mol. The van der Waals surface area contributed by atoms with Crippen molar-refractivity contribution in [3.05, 3.63) is 83.4 Å². The molecule has 126 valence electrons. The van der Waals surface area contributed by atoms with Crippen LogP contribution in [0.3, 0.4) is 0 Å². The zero-order valence-electron chi connectivity index (χ0n) is 13.9. The van der Waals surface area contributed by atoms with Gasteiger partial charge in [0.15, 0.2) is 0 Å². The van der Waals surface area contributed by atoms with Crippen molar-refractivity contribution < 1.29 is 13.5 Å². The first kappa shape index (κ1) is 16.8. The fourth-order valence-electron chi connectivity index (χ4n) is 3.57. The Hall–Kier alpha value is -2.00. The number of hydrogen-bond donors (Lipinski definition) is 0. The lowest BCUT2D eigenvalue weighted by Gasteiger charge is -2.48. The summed E-state index contributed by atoms with van der Waals surface area (Å²) >= 11 is 0. The van der Waals surface area contributed by atoms with Crippen molar-refractivity contribution in [1.82, 2.24) is 0 Å². The van der Waals surface area contributed by atoms with Gasteiger partial charge < -0.3 is 4.74 Å². The van der Waals surface area contributed by atoms with E-state index < -0.39 is 11.2 Å². The van der Waals surface area contributed by atoms with E-state index in [1.54, 1.807) is 6.08 Å². The minimum atomic E-state index is -0.524. The first-order valence-electron chi connectivity index (χ1n) is 8.36. The Bertz CT molecular complexity index is 715. The highest BCUT2D eigenvalue weighted by Crippen LogP contribution is 2.51. The van der Waals surface area contributed by atoms with Gasteiger partial charge in [-0.25, -0.2) is 8.78 Å². The molecule has 1 nitrogen and oxygen atoms in total. The van der Waals surface area contributed by atoms with E-state index in [1.807, 2.05) is 12.1 Å². The third-order valence-corrected chi connectivity index (χ3v) is 4.96. The van der Waals surface area contributed by atoms with Crippen molar-refractivity contribution >= 4 is 0 Å². The smallest absolute Gasteiger partial charge is 0.127 e. The van der Waals surface area contributed by atoms with Crippen LogP contribution in [0, 0.1) is 11.6 Å². The van der Waals surface area contributed by atoms with Gasteiger partial charge >= 0.3 is 0 Å².